The second-order valence-corrected chi connectivity index (χ2v) is 9.62. The molecule has 0 saturated carbocycles. The van der Waals surface area contributed by atoms with Gasteiger partial charge in [0, 0.05) is 48.6 Å². The summed E-state index contributed by atoms with van der Waals surface area (Å²) in [6.45, 7) is 13.2. The Balaban J connectivity index is 1.93. The minimum absolute atomic E-state index is 0.0508. The highest BCUT2D eigenvalue weighted by Gasteiger charge is 2.33. The van der Waals surface area contributed by atoms with Crippen LogP contribution in [0, 0.1) is 29.4 Å². The van der Waals surface area contributed by atoms with E-state index in [1.54, 1.807) is 17.2 Å². The summed E-state index contributed by atoms with van der Waals surface area (Å²) in [6, 6.07) is 6.94. The molecule has 2 heterocycles. The fourth-order valence-electron chi connectivity index (χ4n) is 4.25. The number of rotatable bonds is 9. The van der Waals surface area contributed by atoms with E-state index in [0.29, 0.717) is 24.5 Å². The van der Waals surface area contributed by atoms with Crippen LogP contribution in [0.4, 0.5) is 20.3 Å². The third-order valence-electron chi connectivity index (χ3n) is 6.65. The van der Waals surface area contributed by atoms with Gasteiger partial charge in [0.2, 0.25) is 5.91 Å². The molecule has 0 aliphatic carbocycles. The van der Waals surface area contributed by atoms with Crippen molar-refractivity contribution < 1.29 is 13.6 Å². The number of halogens is 2. The smallest absolute Gasteiger partial charge is 0.223 e. The van der Waals surface area contributed by atoms with Crippen LogP contribution in [0.25, 0.3) is 0 Å². The Bertz CT molecular complexity index is 1100. The molecule has 2 N–H and O–H groups in total. The SMILES string of the molecule is C=C(C(C)C)N(/C(=C\C(C)CC)C1CCN(Cc2cc(F)ccc2F)C(=O)C1)c1ncccc1N. The number of benzene rings is 1. The molecule has 0 radical (unpaired) electrons. The molecule has 7 heteroatoms. The lowest BCUT2D eigenvalue weighted by Crippen LogP contribution is -2.41. The Morgan fingerprint density at radius 3 is 2.69 bits per heavy atom. The Labute approximate surface area is 207 Å². The lowest BCUT2D eigenvalue weighted by Gasteiger charge is -2.39. The molecule has 0 spiro atoms. The average molecular weight is 483 g/mol. The molecule has 1 fully saturated rings. The highest BCUT2D eigenvalue weighted by Crippen LogP contribution is 2.38. The van der Waals surface area contributed by atoms with Crippen LogP contribution in [0.5, 0.6) is 0 Å². The number of likely N-dealkylation sites (tertiary alicyclic amines) is 1. The molecule has 1 saturated heterocycles. The number of anilines is 2. The van der Waals surface area contributed by atoms with Crippen molar-refractivity contribution in [2.75, 3.05) is 17.2 Å². The number of hydrogen-bond donors (Lipinski definition) is 1. The van der Waals surface area contributed by atoms with Crippen molar-refractivity contribution in [3.05, 3.63) is 77.8 Å². The molecule has 2 aromatic rings. The molecule has 2 atom stereocenters. The maximum Gasteiger partial charge on any atom is 0.223 e. The minimum atomic E-state index is -0.515. The van der Waals surface area contributed by atoms with Crippen molar-refractivity contribution in [2.45, 2.75) is 53.5 Å². The van der Waals surface area contributed by atoms with Crippen molar-refractivity contribution in [3.8, 4) is 0 Å². The molecule has 1 aromatic heterocycles. The maximum atomic E-state index is 14.2. The van der Waals surface area contributed by atoms with Crippen LogP contribution < -0.4 is 10.6 Å². The summed E-state index contributed by atoms with van der Waals surface area (Å²) in [4.78, 5) is 21.4. The quantitative estimate of drug-likeness (QED) is 0.456. The molecule has 5 nitrogen and oxygen atoms in total. The average Bonchev–Trinajstić information content (AvgIpc) is 2.82. The third kappa shape index (κ3) is 6.27. The molecule has 3 rings (SSSR count). The van der Waals surface area contributed by atoms with Gasteiger partial charge in [-0.3, -0.25) is 4.79 Å². The van der Waals surface area contributed by atoms with Crippen molar-refractivity contribution in [1.29, 1.82) is 0 Å². The number of nitrogens with zero attached hydrogens (tertiary/aromatic N) is 3. The number of nitrogen functional groups attached to an aromatic ring is 1. The summed E-state index contributed by atoms with van der Waals surface area (Å²) in [6.07, 6.45) is 5.78. The van der Waals surface area contributed by atoms with E-state index in [1.807, 2.05) is 11.0 Å². The second-order valence-electron chi connectivity index (χ2n) is 9.62. The number of carbonyl (C=O) groups is 1. The summed E-state index contributed by atoms with van der Waals surface area (Å²) >= 11 is 0. The largest absolute Gasteiger partial charge is 0.396 e. The Morgan fingerprint density at radius 1 is 1.31 bits per heavy atom. The van der Waals surface area contributed by atoms with Gasteiger partial charge in [0.1, 0.15) is 11.6 Å². The number of allylic oxidation sites excluding steroid dienone is 3. The number of aromatic nitrogens is 1. The predicted octanol–water partition coefficient (Wildman–Crippen LogP) is 6.29. The van der Waals surface area contributed by atoms with E-state index in [0.717, 1.165) is 36.0 Å². The summed E-state index contributed by atoms with van der Waals surface area (Å²) in [5, 5.41) is 0. The third-order valence-corrected chi connectivity index (χ3v) is 6.65. The normalized spacial score (nSPS) is 17.6. The molecule has 1 aliphatic heterocycles. The Morgan fingerprint density at radius 2 is 2.06 bits per heavy atom. The molecule has 0 bridgehead atoms. The zero-order valence-corrected chi connectivity index (χ0v) is 21.1. The first kappa shape index (κ1) is 26.4. The molecule has 35 heavy (non-hydrogen) atoms. The van der Waals surface area contributed by atoms with Gasteiger partial charge in [-0.15, -0.1) is 0 Å². The van der Waals surface area contributed by atoms with Crippen LogP contribution in [0.3, 0.4) is 0 Å². The molecule has 1 aromatic carbocycles. The zero-order chi connectivity index (χ0) is 25.7. The van der Waals surface area contributed by atoms with E-state index in [1.165, 1.54) is 0 Å². The molecule has 2 unspecified atom stereocenters. The standard InChI is InChI=1S/C28H36F2N4O/c1-6-19(4)14-26(34(20(5)18(2)3)28-25(31)8-7-12-32-28)21-11-13-33(27(35)16-21)17-22-15-23(29)9-10-24(22)30/h7-10,12,14-15,18-19,21H,5-6,11,13,16-17,31H2,1-4H3/b26-14-. The van der Waals surface area contributed by atoms with Gasteiger partial charge in [0.15, 0.2) is 5.82 Å². The number of piperidine rings is 1. The van der Waals surface area contributed by atoms with E-state index in [-0.39, 0.29) is 42.2 Å². The molecular formula is C28H36F2N4O. The Kier molecular flexibility index (Phi) is 8.65. The van der Waals surface area contributed by atoms with Gasteiger partial charge in [0.05, 0.1) is 5.69 Å². The molecule has 1 amide bonds. The minimum Gasteiger partial charge on any atom is -0.396 e. The van der Waals surface area contributed by atoms with Gasteiger partial charge in [-0.1, -0.05) is 46.8 Å². The molecule has 1 aliphatic rings. The highest BCUT2D eigenvalue weighted by atomic mass is 19.1. The van der Waals surface area contributed by atoms with Crippen molar-refractivity contribution in [2.24, 2.45) is 17.8 Å². The second kappa shape index (κ2) is 11.5. The lowest BCUT2D eigenvalue weighted by molar-refractivity contribution is -0.135. The lowest BCUT2D eigenvalue weighted by atomic mass is 9.88. The molecular weight excluding hydrogens is 446 g/mol. The topological polar surface area (TPSA) is 62.5 Å². The zero-order valence-electron chi connectivity index (χ0n) is 21.1. The number of nitrogens with two attached hydrogens (primary N) is 1. The first-order valence-corrected chi connectivity index (χ1v) is 12.2. The van der Waals surface area contributed by atoms with E-state index in [9.17, 15) is 13.6 Å². The van der Waals surface area contributed by atoms with Crippen LogP contribution in [-0.2, 0) is 11.3 Å². The monoisotopic (exact) mass is 482 g/mol. The van der Waals surface area contributed by atoms with Gasteiger partial charge in [-0.2, -0.15) is 0 Å². The van der Waals surface area contributed by atoms with Crippen LogP contribution in [0.15, 0.2) is 60.6 Å². The number of hydrogen-bond acceptors (Lipinski definition) is 4. The summed E-state index contributed by atoms with van der Waals surface area (Å²) < 4.78 is 27.8. The molecule has 188 valence electrons. The Hall–Kier alpha value is -3.22. The summed E-state index contributed by atoms with van der Waals surface area (Å²) in [5.74, 6) is -0.194. The maximum absolute atomic E-state index is 14.2. The first-order valence-electron chi connectivity index (χ1n) is 12.2. The number of amides is 1. The van der Waals surface area contributed by atoms with Crippen LogP contribution >= 0.6 is 0 Å². The van der Waals surface area contributed by atoms with Crippen LogP contribution in [-0.4, -0.2) is 22.3 Å². The fourth-order valence-corrected chi connectivity index (χ4v) is 4.25. The van der Waals surface area contributed by atoms with E-state index < -0.39 is 11.6 Å². The van der Waals surface area contributed by atoms with Gasteiger partial charge in [0.25, 0.3) is 0 Å². The van der Waals surface area contributed by atoms with Gasteiger partial charge in [-0.25, -0.2) is 13.8 Å². The first-order chi connectivity index (χ1) is 16.6. The van der Waals surface area contributed by atoms with Crippen molar-refractivity contribution in [3.63, 3.8) is 0 Å². The van der Waals surface area contributed by atoms with E-state index in [4.69, 9.17) is 5.73 Å². The fraction of sp³-hybridized carbons (Fsp3) is 0.429. The van der Waals surface area contributed by atoms with Gasteiger partial charge < -0.3 is 15.5 Å². The van der Waals surface area contributed by atoms with Crippen molar-refractivity contribution in [1.82, 2.24) is 9.88 Å². The van der Waals surface area contributed by atoms with Gasteiger partial charge in [-0.05, 0) is 48.6 Å². The highest BCUT2D eigenvalue weighted by molar-refractivity contribution is 5.78. The summed E-state index contributed by atoms with van der Waals surface area (Å²) in [5.41, 5.74) is 8.87. The van der Waals surface area contributed by atoms with Crippen LogP contribution in [0.1, 0.15) is 52.5 Å². The predicted molar refractivity (Wildman–Crippen MR) is 137 cm³/mol. The van der Waals surface area contributed by atoms with Crippen LogP contribution in [0.2, 0.25) is 0 Å². The van der Waals surface area contributed by atoms with Crippen molar-refractivity contribution >= 4 is 17.4 Å². The van der Waals surface area contributed by atoms with Gasteiger partial charge >= 0.3 is 0 Å². The van der Waals surface area contributed by atoms with E-state index in [2.05, 4.69) is 45.3 Å². The number of carbonyl (C=O) groups excluding carboxylic acids is 1. The number of pyridine rings is 1. The summed E-state index contributed by atoms with van der Waals surface area (Å²) in [7, 11) is 0. The van der Waals surface area contributed by atoms with E-state index >= 15 is 0 Å².